The van der Waals surface area contributed by atoms with Gasteiger partial charge in [0.25, 0.3) is 0 Å². The number of halogens is 2. The number of carboxylic acids is 1. The number of benzene rings is 1. The highest BCUT2D eigenvalue weighted by atomic mass is 35.5. The molecule has 0 heterocycles. The molecular weight excluding hydrogens is 249 g/mol. The standard InChI is InChI=1S/C11H13Cl2NO2/c1-2-7(11(15)16)6-14-10-4-3-8(12)5-9(10)13/h3-5,7,14H,2,6H2,1H3,(H,15,16). The van der Waals surface area contributed by atoms with Gasteiger partial charge in [0.15, 0.2) is 0 Å². The monoisotopic (exact) mass is 261 g/mol. The third kappa shape index (κ3) is 3.58. The van der Waals surface area contributed by atoms with E-state index in [2.05, 4.69) is 5.32 Å². The van der Waals surface area contributed by atoms with Crippen LogP contribution in [0.5, 0.6) is 0 Å². The molecule has 16 heavy (non-hydrogen) atoms. The molecule has 0 radical (unpaired) electrons. The summed E-state index contributed by atoms with van der Waals surface area (Å²) in [4.78, 5) is 10.8. The molecule has 0 saturated heterocycles. The molecule has 0 aliphatic rings. The summed E-state index contributed by atoms with van der Waals surface area (Å²) in [6, 6.07) is 5.06. The third-order valence-electron chi connectivity index (χ3n) is 2.31. The molecule has 2 N–H and O–H groups in total. The number of aliphatic carboxylic acids is 1. The van der Waals surface area contributed by atoms with Crippen LogP contribution < -0.4 is 5.32 Å². The normalized spacial score (nSPS) is 12.2. The van der Waals surface area contributed by atoms with E-state index in [4.69, 9.17) is 28.3 Å². The van der Waals surface area contributed by atoms with Gasteiger partial charge in [0.2, 0.25) is 0 Å². The minimum atomic E-state index is -0.805. The van der Waals surface area contributed by atoms with Crippen molar-refractivity contribution in [1.29, 1.82) is 0 Å². The molecule has 1 atom stereocenters. The Morgan fingerprint density at radius 3 is 2.69 bits per heavy atom. The Balaban J connectivity index is 2.63. The second kappa shape index (κ2) is 5.97. The summed E-state index contributed by atoms with van der Waals surface area (Å²) in [7, 11) is 0. The highest BCUT2D eigenvalue weighted by molar-refractivity contribution is 6.36. The summed E-state index contributed by atoms with van der Waals surface area (Å²) in [5, 5.41) is 12.9. The summed E-state index contributed by atoms with van der Waals surface area (Å²) in [5.74, 6) is -1.22. The molecule has 5 heteroatoms. The second-order valence-corrected chi connectivity index (χ2v) is 4.29. The van der Waals surface area contributed by atoms with Crippen molar-refractivity contribution in [3.63, 3.8) is 0 Å². The minimum absolute atomic E-state index is 0.354. The number of hydrogen-bond donors (Lipinski definition) is 2. The van der Waals surface area contributed by atoms with Crippen molar-refractivity contribution in [2.24, 2.45) is 5.92 Å². The van der Waals surface area contributed by atoms with Crippen LogP contribution in [0, 0.1) is 5.92 Å². The van der Waals surface area contributed by atoms with Gasteiger partial charge in [-0.2, -0.15) is 0 Å². The van der Waals surface area contributed by atoms with E-state index in [0.717, 1.165) is 0 Å². The van der Waals surface area contributed by atoms with Crippen LogP contribution in [0.25, 0.3) is 0 Å². The molecule has 1 aromatic rings. The van der Waals surface area contributed by atoms with Gasteiger partial charge in [0.05, 0.1) is 16.6 Å². The van der Waals surface area contributed by atoms with Gasteiger partial charge in [0, 0.05) is 11.6 Å². The lowest BCUT2D eigenvalue weighted by Gasteiger charge is -2.13. The number of carbonyl (C=O) groups is 1. The maximum Gasteiger partial charge on any atom is 0.308 e. The minimum Gasteiger partial charge on any atom is -0.481 e. The van der Waals surface area contributed by atoms with Gasteiger partial charge in [-0.05, 0) is 24.6 Å². The fourth-order valence-corrected chi connectivity index (χ4v) is 1.75. The predicted molar refractivity (Wildman–Crippen MR) is 66.4 cm³/mol. The number of rotatable bonds is 5. The fourth-order valence-electron chi connectivity index (χ4n) is 1.27. The third-order valence-corrected chi connectivity index (χ3v) is 2.86. The largest absolute Gasteiger partial charge is 0.481 e. The molecular formula is C11H13Cl2NO2. The molecule has 0 bridgehead atoms. The van der Waals surface area contributed by atoms with Crippen LogP contribution in [0.3, 0.4) is 0 Å². The molecule has 0 aromatic heterocycles. The van der Waals surface area contributed by atoms with Crippen molar-refractivity contribution in [3.8, 4) is 0 Å². The van der Waals surface area contributed by atoms with Crippen LogP contribution >= 0.6 is 23.2 Å². The molecule has 0 aliphatic heterocycles. The lowest BCUT2D eigenvalue weighted by Crippen LogP contribution is -2.22. The Labute approximate surface area is 104 Å². The van der Waals surface area contributed by atoms with E-state index in [0.29, 0.717) is 28.7 Å². The molecule has 3 nitrogen and oxygen atoms in total. The number of nitrogens with one attached hydrogen (secondary N) is 1. The number of carboxylic acid groups (broad SMARTS) is 1. The lowest BCUT2D eigenvalue weighted by atomic mass is 10.1. The van der Waals surface area contributed by atoms with Gasteiger partial charge >= 0.3 is 5.97 Å². The summed E-state index contributed by atoms with van der Waals surface area (Å²) in [5.41, 5.74) is 0.700. The van der Waals surface area contributed by atoms with Crippen molar-refractivity contribution in [2.75, 3.05) is 11.9 Å². The molecule has 0 aliphatic carbocycles. The first-order valence-electron chi connectivity index (χ1n) is 4.96. The van der Waals surface area contributed by atoms with Crippen molar-refractivity contribution >= 4 is 34.9 Å². The van der Waals surface area contributed by atoms with Crippen LogP contribution in [0.1, 0.15) is 13.3 Å². The molecule has 0 fully saturated rings. The Morgan fingerprint density at radius 2 is 2.19 bits per heavy atom. The molecule has 0 saturated carbocycles. The summed E-state index contributed by atoms with van der Waals surface area (Å²) in [6.45, 7) is 2.19. The Kier molecular flexibility index (Phi) is 4.90. The number of hydrogen-bond acceptors (Lipinski definition) is 2. The molecule has 1 rings (SSSR count). The van der Waals surface area contributed by atoms with Crippen molar-refractivity contribution in [2.45, 2.75) is 13.3 Å². The van der Waals surface area contributed by atoms with E-state index in [-0.39, 0.29) is 0 Å². The molecule has 88 valence electrons. The smallest absolute Gasteiger partial charge is 0.308 e. The van der Waals surface area contributed by atoms with Gasteiger partial charge in [-0.25, -0.2) is 0 Å². The fraction of sp³-hybridized carbons (Fsp3) is 0.364. The highest BCUT2D eigenvalue weighted by Crippen LogP contribution is 2.25. The van der Waals surface area contributed by atoms with Gasteiger partial charge in [-0.1, -0.05) is 30.1 Å². The average molecular weight is 262 g/mol. The van der Waals surface area contributed by atoms with E-state index in [1.165, 1.54) is 0 Å². The summed E-state index contributed by atoms with van der Waals surface area (Å²) in [6.07, 6.45) is 0.577. The first-order chi connectivity index (χ1) is 7.54. The van der Waals surface area contributed by atoms with E-state index in [1.807, 2.05) is 6.92 Å². The highest BCUT2D eigenvalue weighted by Gasteiger charge is 2.14. The van der Waals surface area contributed by atoms with Crippen LogP contribution in [0.4, 0.5) is 5.69 Å². The SMILES string of the molecule is CCC(CNc1ccc(Cl)cc1Cl)C(=O)O. The van der Waals surface area contributed by atoms with Crippen molar-refractivity contribution in [3.05, 3.63) is 28.2 Å². The Morgan fingerprint density at radius 1 is 1.50 bits per heavy atom. The van der Waals surface area contributed by atoms with Gasteiger partial charge in [-0.3, -0.25) is 4.79 Å². The first kappa shape index (κ1) is 13.1. The maximum atomic E-state index is 10.8. The second-order valence-electron chi connectivity index (χ2n) is 3.45. The first-order valence-corrected chi connectivity index (χ1v) is 5.72. The van der Waals surface area contributed by atoms with Crippen LogP contribution in [-0.2, 0) is 4.79 Å². The van der Waals surface area contributed by atoms with Crippen LogP contribution in [0.15, 0.2) is 18.2 Å². The van der Waals surface area contributed by atoms with Crippen molar-refractivity contribution in [1.82, 2.24) is 0 Å². The molecule has 1 unspecified atom stereocenters. The average Bonchev–Trinajstić information content (AvgIpc) is 2.21. The quantitative estimate of drug-likeness (QED) is 0.853. The van der Waals surface area contributed by atoms with E-state index in [9.17, 15) is 4.79 Å². The van der Waals surface area contributed by atoms with Gasteiger partial charge < -0.3 is 10.4 Å². The van der Waals surface area contributed by atoms with Crippen molar-refractivity contribution < 1.29 is 9.90 Å². The van der Waals surface area contributed by atoms with Crippen LogP contribution in [0.2, 0.25) is 10.0 Å². The zero-order chi connectivity index (χ0) is 12.1. The zero-order valence-corrected chi connectivity index (χ0v) is 10.3. The Bertz CT molecular complexity index is 382. The molecule has 1 aromatic carbocycles. The van der Waals surface area contributed by atoms with Crippen LogP contribution in [-0.4, -0.2) is 17.6 Å². The Hall–Kier alpha value is -0.930. The van der Waals surface area contributed by atoms with Gasteiger partial charge in [0.1, 0.15) is 0 Å². The van der Waals surface area contributed by atoms with E-state index < -0.39 is 11.9 Å². The summed E-state index contributed by atoms with van der Waals surface area (Å²) < 4.78 is 0. The predicted octanol–water partition coefficient (Wildman–Crippen LogP) is 3.52. The number of anilines is 1. The molecule has 0 spiro atoms. The molecule has 0 amide bonds. The van der Waals surface area contributed by atoms with E-state index >= 15 is 0 Å². The summed E-state index contributed by atoms with van der Waals surface area (Å²) >= 11 is 11.7. The van der Waals surface area contributed by atoms with Gasteiger partial charge in [-0.15, -0.1) is 0 Å². The zero-order valence-electron chi connectivity index (χ0n) is 8.84. The maximum absolute atomic E-state index is 10.8. The lowest BCUT2D eigenvalue weighted by molar-refractivity contribution is -0.141. The van der Waals surface area contributed by atoms with E-state index in [1.54, 1.807) is 18.2 Å². The topological polar surface area (TPSA) is 49.3 Å².